The molecule has 1 amide bonds. The first kappa shape index (κ1) is 13.4. The fraction of sp³-hybridized carbons (Fsp3) is 0.176. The molecule has 21 heavy (non-hydrogen) atoms. The molecule has 1 heterocycles. The molecule has 106 valence electrons. The van der Waals surface area contributed by atoms with Crippen molar-refractivity contribution in [2.45, 2.75) is 6.54 Å². The molecule has 0 fully saturated rings. The van der Waals surface area contributed by atoms with Gasteiger partial charge in [0.25, 0.3) is 0 Å². The summed E-state index contributed by atoms with van der Waals surface area (Å²) in [4.78, 5) is 18.3. The van der Waals surface area contributed by atoms with E-state index in [1.165, 1.54) is 0 Å². The highest BCUT2D eigenvalue weighted by Crippen LogP contribution is 2.24. The number of hydrogen-bond donors (Lipinski definition) is 0. The first-order valence-corrected chi connectivity index (χ1v) is 6.80. The average molecular weight is 280 g/mol. The lowest BCUT2D eigenvalue weighted by atomic mass is 10.1. The Morgan fingerprint density at radius 2 is 1.90 bits per heavy atom. The second-order valence-electron chi connectivity index (χ2n) is 4.86. The molecule has 1 aliphatic rings. The Labute approximate surface area is 123 Å². The monoisotopic (exact) mass is 280 g/mol. The Hall–Kier alpha value is -2.62. The second-order valence-corrected chi connectivity index (χ2v) is 4.86. The fourth-order valence-corrected chi connectivity index (χ4v) is 2.37. The minimum Gasteiger partial charge on any atom is -0.497 e. The van der Waals surface area contributed by atoms with Crippen molar-refractivity contribution >= 4 is 17.8 Å². The number of ether oxygens (including phenoxy) is 1. The van der Waals surface area contributed by atoms with Crippen LogP contribution in [0.25, 0.3) is 0 Å². The summed E-state index contributed by atoms with van der Waals surface area (Å²) in [7, 11) is 1.64. The van der Waals surface area contributed by atoms with Crippen molar-refractivity contribution in [2.75, 3.05) is 18.6 Å². The number of anilines is 1. The third-order valence-corrected chi connectivity index (χ3v) is 3.49. The topological polar surface area (TPSA) is 41.9 Å². The summed E-state index contributed by atoms with van der Waals surface area (Å²) in [6.07, 6.45) is 1.77. The third kappa shape index (κ3) is 2.79. The first-order chi connectivity index (χ1) is 10.3. The number of rotatable bonds is 3. The first-order valence-electron chi connectivity index (χ1n) is 6.80. The maximum atomic E-state index is 12.3. The van der Waals surface area contributed by atoms with E-state index in [1.807, 2.05) is 48.5 Å². The van der Waals surface area contributed by atoms with Crippen molar-refractivity contribution < 1.29 is 9.53 Å². The molecular weight excluding hydrogens is 264 g/mol. The average Bonchev–Trinajstić information content (AvgIpc) is 2.68. The number of hydrogen-bond acceptors (Lipinski definition) is 3. The summed E-state index contributed by atoms with van der Waals surface area (Å²) in [6.45, 7) is 0.716. The van der Waals surface area contributed by atoms with Gasteiger partial charge in [-0.1, -0.05) is 30.3 Å². The lowest BCUT2D eigenvalue weighted by Gasteiger charge is -2.22. The van der Waals surface area contributed by atoms with Crippen LogP contribution in [0.5, 0.6) is 5.75 Å². The predicted molar refractivity (Wildman–Crippen MR) is 83.1 cm³/mol. The summed E-state index contributed by atoms with van der Waals surface area (Å²) in [6, 6.07) is 15.6. The van der Waals surface area contributed by atoms with Crippen molar-refractivity contribution in [3.63, 3.8) is 0 Å². The van der Waals surface area contributed by atoms with E-state index >= 15 is 0 Å². The summed E-state index contributed by atoms with van der Waals surface area (Å²) >= 11 is 0. The molecule has 0 unspecified atom stereocenters. The highest BCUT2D eigenvalue weighted by Gasteiger charge is 2.20. The van der Waals surface area contributed by atoms with Crippen molar-refractivity contribution in [1.29, 1.82) is 0 Å². The highest BCUT2D eigenvalue weighted by molar-refractivity contribution is 6.03. The van der Waals surface area contributed by atoms with Gasteiger partial charge < -0.3 is 9.64 Å². The highest BCUT2D eigenvalue weighted by atomic mass is 16.5. The van der Waals surface area contributed by atoms with E-state index in [0.29, 0.717) is 6.54 Å². The van der Waals surface area contributed by atoms with Crippen LogP contribution in [0.1, 0.15) is 11.1 Å². The van der Waals surface area contributed by atoms with Gasteiger partial charge in [-0.15, -0.1) is 0 Å². The zero-order valence-corrected chi connectivity index (χ0v) is 11.8. The number of para-hydroxylation sites is 1. The summed E-state index contributed by atoms with van der Waals surface area (Å²) in [5.74, 6) is 0.816. The summed E-state index contributed by atoms with van der Waals surface area (Å²) < 4.78 is 5.16. The molecule has 1 aliphatic heterocycles. The van der Waals surface area contributed by atoms with Crippen LogP contribution in [0.2, 0.25) is 0 Å². The SMILES string of the molecule is COc1ccc(CN2C(=O)CN=Cc3ccccc32)cc1. The fourth-order valence-electron chi connectivity index (χ4n) is 2.37. The van der Waals surface area contributed by atoms with Crippen LogP contribution in [0.4, 0.5) is 5.69 Å². The number of aliphatic imine (C=N–C) groups is 1. The van der Waals surface area contributed by atoms with Crippen molar-refractivity contribution in [2.24, 2.45) is 4.99 Å². The van der Waals surface area contributed by atoms with Crippen LogP contribution in [0, 0.1) is 0 Å². The molecule has 2 aromatic carbocycles. The van der Waals surface area contributed by atoms with E-state index in [4.69, 9.17) is 4.74 Å². The van der Waals surface area contributed by atoms with E-state index < -0.39 is 0 Å². The van der Waals surface area contributed by atoms with Gasteiger partial charge in [0.15, 0.2) is 0 Å². The molecule has 2 aromatic rings. The molecular formula is C17H16N2O2. The van der Waals surface area contributed by atoms with Crippen LogP contribution < -0.4 is 9.64 Å². The number of methoxy groups -OCH3 is 1. The van der Waals surface area contributed by atoms with Gasteiger partial charge in [0.2, 0.25) is 5.91 Å². The largest absolute Gasteiger partial charge is 0.497 e. The number of carbonyl (C=O) groups is 1. The molecule has 0 spiro atoms. The van der Waals surface area contributed by atoms with Crippen molar-refractivity contribution in [3.05, 3.63) is 59.7 Å². The zero-order valence-electron chi connectivity index (χ0n) is 11.8. The third-order valence-electron chi connectivity index (χ3n) is 3.49. The van der Waals surface area contributed by atoms with Gasteiger partial charge in [0.05, 0.1) is 19.3 Å². The van der Waals surface area contributed by atoms with Crippen LogP contribution >= 0.6 is 0 Å². The van der Waals surface area contributed by atoms with E-state index in [9.17, 15) is 4.79 Å². The van der Waals surface area contributed by atoms with Crippen LogP contribution in [-0.2, 0) is 11.3 Å². The second kappa shape index (κ2) is 5.79. The Balaban J connectivity index is 1.91. The maximum absolute atomic E-state index is 12.3. The molecule has 0 saturated carbocycles. The number of benzodiazepines with no additional fused rings is 1. The molecule has 3 rings (SSSR count). The molecule has 0 N–H and O–H groups in total. The molecule has 4 heteroatoms. The maximum Gasteiger partial charge on any atom is 0.248 e. The van der Waals surface area contributed by atoms with E-state index in [2.05, 4.69) is 4.99 Å². The van der Waals surface area contributed by atoms with E-state index in [0.717, 1.165) is 22.6 Å². The number of amides is 1. The minimum absolute atomic E-state index is 0.00650. The van der Waals surface area contributed by atoms with Crippen molar-refractivity contribution in [1.82, 2.24) is 0 Å². The number of carbonyl (C=O) groups excluding carboxylic acids is 1. The summed E-state index contributed by atoms with van der Waals surface area (Å²) in [5, 5.41) is 0. The van der Waals surface area contributed by atoms with Gasteiger partial charge in [0, 0.05) is 11.8 Å². The molecule has 4 nitrogen and oxygen atoms in total. The molecule has 0 atom stereocenters. The van der Waals surface area contributed by atoms with Crippen LogP contribution in [0.3, 0.4) is 0 Å². The molecule has 0 radical (unpaired) electrons. The minimum atomic E-state index is 0.00650. The number of fused-ring (bicyclic) bond motifs is 1. The van der Waals surface area contributed by atoms with Gasteiger partial charge >= 0.3 is 0 Å². The molecule has 0 saturated heterocycles. The quantitative estimate of drug-likeness (QED) is 0.867. The molecule has 0 aliphatic carbocycles. The van der Waals surface area contributed by atoms with Crippen LogP contribution in [-0.4, -0.2) is 25.8 Å². The normalized spacial score (nSPS) is 13.8. The molecule has 0 aromatic heterocycles. The smallest absolute Gasteiger partial charge is 0.248 e. The van der Waals surface area contributed by atoms with Gasteiger partial charge in [-0.3, -0.25) is 9.79 Å². The van der Waals surface area contributed by atoms with Gasteiger partial charge in [-0.05, 0) is 23.8 Å². The van der Waals surface area contributed by atoms with Crippen LogP contribution in [0.15, 0.2) is 53.5 Å². The Bertz CT molecular complexity index is 677. The predicted octanol–water partition coefficient (Wildman–Crippen LogP) is 2.66. The Morgan fingerprint density at radius 3 is 2.67 bits per heavy atom. The van der Waals surface area contributed by atoms with Gasteiger partial charge in [-0.25, -0.2) is 0 Å². The number of benzene rings is 2. The Kier molecular flexibility index (Phi) is 3.69. The van der Waals surface area contributed by atoms with E-state index in [-0.39, 0.29) is 12.5 Å². The lowest BCUT2D eigenvalue weighted by molar-refractivity contribution is -0.117. The van der Waals surface area contributed by atoms with Crippen molar-refractivity contribution in [3.8, 4) is 5.75 Å². The zero-order chi connectivity index (χ0) is 14.7. The lowest BCUT2D eigenvalue weighted by Crippen LogP contribution is -2.31. The van der Waals surface area contributed by atoms with Gasteiger partial charge in [0.1, 0.15) is 12.3 Å². The summed E-state index contributed by atoms with van der Waals surface area (Å²) in [5.41, 5.74) is 2.93. The molecule has 0 bridgehead atoms. The number of nitrogens with zero attached hydrogens (tertiary/aromatic N) is 2. The Morgan fingerprint density at radius 1 is 1.14 bits per heavy atom. The van der Waals surface area contributed by atoms with Gasteiger partial charge in [-0.2, -0.15) is 0 Å². The van der Waals surface area contributed by atoms with E-state index in [1.54, 1.807) is 18.2 Å². The standard InChI is InChI=1S/C17H16N2O2/c1-21-15-8-6-13(7-9-15)12-19-16-5-3-2-4-14(16)10-18-11-17(19)20/h2-10H,11-12H2,1H3.